The molecule has 1 saturated heterocycles. The van der Waals surface area contributed by atoms with Crippen molar-refractivity contribution in [3.05, 3.63) is 97.3 Å². The Kier molecular flexibility index (Phi) is 8.84. The maximum Gasteiger partial charge on any atom is 0.285 e. The van der Waals surface area contributed by atoms with Gasteiger partial charge >= 0.3 is 0 Å². The van der Waals surface area contributed by atoms with E-state index in [0.29, 0.717) is 38.6 Å². The normalized spacial score (nSPS) is 14.3. The molecule has 3 aromatic carbocycles. The van der Waals surface area contributed by atoms with Crippen LogP contribution in [0.4, 0.5) is 0 Å². The summed E-state index contributed by atoms with van der Waals surface area (Å²) in [6.45, 7) is 0.481. The van der Waals surface area contributed by atoms with E-state index in [1.807, 2.05) is 24.3 Å². The lowest BCUT2D eigenvalue weighted by atomic mass is 10.1. The molecular weight excluding hydrogens is 628 g/mol. The third kappa shape index (κ3) is 6.36. The molecule has 1 aliphatic heterocycles. The third-order valence-corrected chi connectivity index (χ3v) is 7.56. The molecular formula is C26H20Br2N2O4S2. The Morgan fingerprint density at radius 3 is 2.53 bits per heavy atom. The van der Waals surface area contributed by atoms with Crippen LogP contribution < -0.4 is 14.9 Å². The number of thiocarbonyl (C=S) groups is 1. The molecule has 0 bridgehead atoms. The molecule has 10 heteroatoms. The number of hydrogen-bond donors (Lipinski definition) is 1. The van der Waals surface area contributed by atoms with Crippen LogP contribution in [0.3, 0.4) is 0 Å². The Hall–Kier alpha value is -2.66. The van der Waals surface area contributed by atoms with Gasteiger partial charge in [-0.15, -0.1) is 0 Å². The Bertz CT molecular complexity index is 1330. The van der Waals surface area contributed by atoms with E-state index < -0.39 is 11.8 Å². The predicted octanol–water partition coefficient (Wildman–Crippen LogP) is 6.39. The van der Waals surface area contributed by atoms with Crippen molar-refractivity contribution in [3.63, 3.8) is 0 Å². The summed E-state index contributed by atoms with van der Waals surface area (Å²) < 4.78 is 13.3. The van der Waals surface area contributed by atoms with Gasteiger partial charge in [-0.2, -0.15) is 5.01 Å². The molecule has 1 heterocycles. The molecule has 0 aromatic heterocycles. The first-order valence-electron chi connectivity index (χ1n) is 10.7. The topological polar surface area (TPSA) is 67.9 Å². The minimum Gasteiger partial charge on any atom is -0.493 e. The van der Waals surface area contributed by atoms with E-state index in [9.17, 15) is 9.59 Å². The van der Waals surface area contributed by atoms with Crippen LogP contribution in [0.5, 0.6) is 11.5 Å². The quantitative estimate of drug-likeness (QED) is 0.226. The van der Waals surface area contributed by atoms with Crippen LogP contribution in [0.15, 0.2) is 80.6 Å². The van der Waals surface area contributed by atoms with Gasteiger partial charge in [-0.05, 0) is 81.7 Å². The van der Waals surface area contributed by atoms with Crippen molar-refractivity contribution in [1.82, 2.24) is 10.4 Å². The number of methoxy groups -OCH3 is 1. The second kappa shape index (κ2) is 12.1. The van der Waals surface area contributed by atoms with Gasteiger partial charge in [0.2, 0.25) is 0 Å². The summed E-state index contributed by atoms with van der Waals surface area (Å²) in [4.78, 5) is 25.9. The molecule has 2 amide bonds. The smallest absolute Gasteiger partial charge is 0.285 e. The van der Waals surface area contributed by atoms with E-state index in [1.54, 1.807) is 43.5 Å². The van der Waals surface area contributed by atoms with Crippen LogP contribution in [0.25, 0.3) is 6.08 Å². The maximum absolute atomic E-state index is 13.0. The van der Waals surface area contributed by atoms with Gasteiger partial charge in [0.25, 0.3) is 11.8 Å². The van der Waals surface area contributed by atoms with Crippen LogP contribution in [-0.4, -0.2) is 34.9 Å². The van der Waals surface area contributed by atoms with E-state index in [-0.39, 0.29) is 4.32 Å². The molecule has 1 aliphatic rings. The SMILES string of the molecule is COc1cc(/C=C2\SC(=S)N(NC(=O)c3ccc(Br)cc3)C2=O)cc(Br)c1OCCc1ccccc1. The Balaban J connectivity index is 1.47. The van der Waals surface area contributed by atoms with Crippen LogP contribution in [0.1, 0.15) is 21.5 Å². The standard InChI is InChI=1S/C26H20Br2N2O4S2/c1-33-21-14-17(13-20(28)23(21)34-12-11-16-5-3-2-4-6-16)15-22-25(32)30(26(35)36-22)29-24(31)18-7-9-19(27)10-8-18/h2-10,13-15H,11-12H2,1H3,(H,29,31)/b22-15-. The van der Waals surface area contributed by atoms with Crippen molar-refractivity contribution < 1.29 is 19.1 Å². The van der Waals surface area contributed by atoms with Crippen LogP contribution in [-0.2, 0) is 11.2 Å². The van der Waals surface area contributed by atoms with Gasteiger partial charge in [-0.25, -0.2) is 0 Å². The van der Waals surface area contributed by atoms with Crippen LogP contribution in [0.2, 0.25) is 0 Å². The van der Waals surface area contributed by atoms with Gasteiger partial charge in [0.15, 0.2) is 15.8 Å². The van der Waals surface area contributed by atoms with Crippen LogP contribution >= 0.6 is 55.8 Å². The van der Waals surface area contributed by atoms with E-state index >= 15 is 0 Å². The molecule has 3 aromatic rings. The fraction of sp³-hybridized carbons (Fsp3) is 0.115. The minimum absolute atomic E-state index is 0.239. The zero-order valence-corrected chi connectivity index (χ0v) is 23.8. The zero-order valence-electron chi connectivity index (χ0n) is 19.0. The van der Waals surface area contributed by atoms with E-state index in [4.69, 9.17) is 21.7 Å². The number of carbonyl (C=O) groups is 2. The highest BCUT2D eigenvalue weighted by Crippen LogP contribution is 2.39. The first-order chi connectivity index (χ1) is 17.4. The first kappa shape index (κ1) is 26.4. The van der Waals surface area contributed by atoms with Crippen molar-refractivity contribution in [1.29, 1.82) is 0 Å². The predicted molar refractivity (Wildman–Crippen MR) is 153 cm³/mol. The van der Waals surface area contributed by atoms with Crippen LogP contribution in [0, 0.1) is 0 Å². The Morgan fingerprint density at radius 2 is 1.83 bits per heavy atom. The number of nitrogens with zero attached hydrogens (tertiary/aromatic N) is 1. The monoisotopic (exact) mass is 646 g/mol. The molecule has 0 spiro atoms. The molecule has 184 valence electrons. The molecule has 0 unspecified atom stereocenters. The maximum atomic E-state index is 13.0. The molecule has 4 rings (SSSR count). The number of halogens is 2. The average Bonchev–Trinajstić information content (AvgIpc) is 3.13. The molecule has 0 saturated carbocycles. The summed E-state index contributed by atoms with van der Waals surface area (Å²) in [5, 5.41) is 1.09. The summed E-state index contributed by atoms with van der Waals surface area (Å²) >= 11 is 13.3. The molecule has 1 fully saturated rings. The molecule has 0 aliphatic carbocycles. The summed E-state index contributed by atoms with van der Waals surface area (Å²) in [5.74, 6) is 0.276. The molecule has 0 atom stereocenters. The van der Waals surface area contributed by atoms with Gasteiger partial charge in [0, 0.05) is 16.5 Å². The van der Waals surface area contributed by atoms with Gasteiger partial charge in [-0.1, -0.05) is 58.0 Å². The largest absolute Gasteiger partial charge is 0.493 e. The highest BCUT2D eigenvalue weighted by Gasteiger charge is 2.34. The van der Waals surface area contributed by atoms with Crippen molar-refractivity contribution >= 4 is 78.1 Å². The summed E-state index contributed by atoms with van der Waals surface area (Å²) in [5.41, 5.74) is 4.89. The lowest BCUT2D eigenvalue weighted by Gasteiger charge is -2.15. The minimum atomic E-state index is -0.429. The van der Waals surface area contributed by atoms with Gasteiger partial charge in [0.05, 0.1) is 23.1 Å². The van der Waals surface area contributed by atoms with Crippen molar-refractivity contribution in [2.45, 2.75) is 6.42 Å². The van der Waals surface area contributed by atoms with E-state index in [1.165, 1.54) is 5.56 Å². The van der Waals surface area contributed by atoms with E-state index in [2.05, 4.69) is 49.4 Å². The summed E-state index contributed by atoms with van der Waals surface area (Å²) in [6, 6.07) is 20.5. The highest BCUT2D eigenvalue weighted by molar-refractivity contribution is 9.10. The molecule has 1 N–H and O–H groups in total. The number of hydrazine groups is 1. The van der Waals surface area contributed by atoms with Gasteiger partial charge < -0.3 is 9.47 Å². The lowest BCUT2D eigenvalue weighted by Crippen LogP contribution is -2.44. The highest BCUT2D eigenvalue weighted by atomic mass is 79.9. The first-order valence-corrected chi connectivity index (χ1v) is 13.6. The average molecular weight is 648 g/mol. The van der Waals surface area contributed by atoms with Crippen molar-refractivity contribution in [3.8, 4) is 11.5 Å². The Morgan fingerprint density at radius 1 is 1.11 bits per heavy atom. The number of hydrogen-bond acceptors (Lipinski definition) is 6. The van der Waals surface area contributed by atoms with Gasteiger partial charge in [-0.3, -0.25) is 15.0 Å². The summed E-state index contributed by atoms with van der Waals surface area (Å²) in [7, 11) is 1.56. The fourth-order valence-corrected chi connectivity index (χ4v) is 5.38. The number of nitrogens with one attached hydrogen (secondary N) is 1. The van der Waals surface area contributed by atoms with Crippen molar-refractivity contribution in [2.75, 3.05) is 13.7 Å². The molecule has 0 radical (unpaired) electrons. The third-order valence-electron chi connectivity index (χ3n) is 5.14. The number of carbonyl (C=O) groups excluding carboxylic acids is 2. The fourth-order valence-electron chi connectivity index (χ4n) is 3.36. The number of rotatable bonds is 8. The zero-order chi connectivity index (χ0) is 25.7. The van der Waals surface area contributed by atoms with Crippen molar-refractivity contribution in [2.24, 2.45) is 0 Å². The second-order valence-corrected chi connectivity index (χ2v) is 11.0. The van der Waals surface area contributed by atoms with Gasteiger partial charge in [0.1, 0.15) is 0 Å². The number of thioether (sulfide) groups is 1. The Labute approximate surface area is 235 Å². The number of amides is 2. The molecule has 6 nitrogen and oxygen atoms in total. The number of ether oxygens (including phenoxy) is 2. The van der Waals surface area contributed by atoms with E-state index in [0.717, 1.165) is 27.7 Å². The number of benzene rings is 3. The molecule has 36 heavy (non-hydrogen) atoms. The lowest BCUT2D eigenvalue weighted by molar-refractivity contribution is -0.123. The summed E-state index contributed by atoms with van der Waals surface area (Å²) in [6.07, 6.45) is 2.46. The second-order valence-electron chi connectivity index (χ2n) is 7.58.